The maximum absolute atomic E-state index is 13.4. The van der Waals surface area contributed by atoms with Gasteiger partial charge in [-0.25, -0.2) is 4.39 Å². The van der Waals surface area contributed by atoms with Crippen molar-refractivity contribution >= 4 is 23.1 Å². The van der Waals surface area contributed by atoms with E-state index in [1.54, 1.807) is 6.08 Å². The summed E-state index contributed by atoms with van der Waals surface area (Å²) in [6.07, 6.45) is 14.0. The Hall–Kier alpha value is -1.72. The largest absolute Gasteiger partial charge is 0.370 e. The summed E-state index contributed by atoms with van der Waals surface area (Å²) in [5, 5.41) is 19.8. The SMILES string of the molecule is N=C(/C=C\C(=N)c1cc(F)ccc1Cl)NCC1CC12CCN(CC1CCCCC1)CC2. The van der Waals surface area contributed by atoms with E-state index in [4.69, 9.17) is 22.4 Å². The van der Waals surface area contributed by atoms with E-state index in [2.05, 4.69) is 10.2 Å². The average Bonchev–Trinajstić information content (AvgIpc) is 3.46. The fourth-order valence-corrected chi connectivity index (χ4v) is 5.72. The van der Waals surface area contributed by atoms with E-state index in [0.717, 1.165) is 12.5 Å². The quantitative estimate of drug-likeness (QED) is 0.375. The molecule has 2 aliphatic carbocycles. The molecule has 1 aromatic rings. The number of rotatable bonds is 7. The Morgan fingerprint density at radius 3 is 2.65 bits per heavy atom. The van der Waals surface area contributed by atoms with E-state index in [-0.39, 0.29) is 11.5 Å². The smallest absolute Gasteiger partial charge is 0.123 e. The molecule has 1 aliphatic heterocycles. The van der Waals surface area contributed by atoms with Crippen molar-refractivity contribution in [3.63, 3.8) is 0 Å². The number of hydrogen-bond donors (Lipinski definition) is 3. The zero-order valence-electron chi connectivity index (χ0n) is 18.2. The van der Waals surface area contributed by atoms with Gasteiger partial charge in [0.1, 0.15) is 11.7 Å². The molecule has 1 unspecified atom stereocenters. The fraction of sp³-hybridized carbons (Fsp3) is 0.600. The van der Waals surface area contributed by atoms with Crippen molar-refractivity contribution < 1.29 is 4.39 Å². The highest BCUT2D eigenvalue weighted by atomic mass is 35.5. The van der Waals surface area contributed by atoms with E-state index < -0.39 is 5.82 Å². The van der Waals surface area contributed by atoms with Crippen LogP contribution in [0, 0.1) is 33.9 Å². The van der Waals surface area contributed by atoms with Crippen molar-refractivity contribution in [2.75, 3.05) is 26.2 Å². The van der Waals surface area contributed by atoms with Crippen LogP contribution >= 0.6 is 11.6 Å². The third-order valence-corrected chi connectivity index (χ3v) is 7.96. The Morgan fingerprint density at radius 2 is 1.90 bits per heavy atom. The first-order valence-electron chi connectivity index (χ1n) is 11.7. The lowest BCUT2D eigenvalue weighted by molar-refractivity contribution is 0.131. The van der Waals surface area contributed by atoms with Crippen molar-refractivity contribution in [2.45, 2.75) is 51.4 Å². The van der Waals surface area contributed by atoms with Crippen molar-refractivity contribution in [3.05, 3.63) is 46.8 Å². The van der Waals surface area contributed by atoms with E-state index in [1.807, 2.05) is 0 Å². The summed E-state index contributed by atoms with van der Waals surface area (Å²) in [5.74, 6) is 1.44. The molecular formula is C25H34ClFN4. The number of amidine groups is 1. The number of benzene rings is 1. The fourth-order valence-electron chi connectivity index (χ4n) is 5.50. The van der Waals surface area contributed by atoms with Gasteiger partial charge in [-0.1, -0.05) is 30.9 Å². The van der Waals surface area contributed by atoms with Crippen LogP contribution in [-0.2, 0) is 0 Å². The van der Waals surface area contributed by atoms with Crippen LogP contribution in [0.4, 0.5) is 4.39 Å². The number of nitrogens with one attached hydrogen (secondary N) is 3. The second kappa shape index (κ2) is 9.83. The molecule has 3 aliphatic rings. The summed E-state index contributed by atoms with van der Waals surface area (Å²) >= 11 is 6.05. The van der Waals surface area contributed by atoms with Crippen LogP contribution in [0.5, 0.6) is 0 Å². The number of piperidine rings is 1. The predicted molar refractivity (Wildman–Crippen MR) is 126 cm³/mol. The van der Waals surface area contributed by atoms with Gasteiger partial charge in [0.15, 0.2) is 0 Å². The van der Waals surface area contributed by atoms with Crippen LogP contribution in [0.15, 0.2) is 30.4 Å². The van der Waals surface area contributed by atoms with Gasteiger partial charge in [0.25, 0.3) is 0 Å². The van der Waals surface area contributed by atoms with Gasteiger partial charge in [-0.05, 0) is 92.8 Å². The first-order chi connectivity index (χ1) is 14.9. The van der Waals surface area contributed by atoms with Crippen molar-refractivity contribution in [1.82, 2.24) is 10.2 Å². The molecule has 0 radical (unpaired) electrons. The first-order valence-corrected chi connectivity index (χ1v) is 12.1. The summed E-state index contributed by atoms with van der Waals surface area (Å²) in [6.45, 7) is 4.58. The molecule has 6 heteroatoms. The Kier molecular flexibility index (Phi) is 7.12. The standard InChI is InChI=1S/C25H34ClFN4/c26-22-7-6-20(27)14-21(22)23(28)8-9-24(29)30-16-19-15-25(19)10-12-31(13-11-25)17-18-4-2-1-3-5-18/h6-9,14,18-19,28H,1-5,10-13,15-17H2,(H2,29,30)/b9-8-,28-23?. The topological polar surface area (TPSA) is 63.0 Å². The van der Waals surface area contributed by atoms with Gasteiger partial charge >= 0.3 is 0 Å². The maximum Gasteiger partial charge on any atom is 0.123 e. The Morgan fingerprint density at radius 1 is 1.16 bits per heavy atom. The molecule has 1 heterocycles. The van der Waals surface area contributed by atoms with Gasteiger partial charge in [0.05, 0.1) is 10.7 Å². The molecule has 0 aromatic heterocycles. The Balaban J connectivity index is 1.18. The molecule has 168 valence electrons. The zero-order valence-corrected chi connectivity index (χ0v) is 19.0. The van der Waals surface area contributed by atoms with E-state index >= 15 is 0 Å². The molecule has 1 atom stereocenters. The summed E-state index contributed by atoms with van der Waals surface area (Å²) in [6, 6.07) is 3.98. The second-order valence-electron chi connectivity index (χ2n) is 9.73. The minimum Gasteiger partial charge on any atom is -0.370 e. The molecule has 0 bridgehead atoms. The average molecular weight is 445 g/mol. The van der Waals surface area contributed by atoms with Crippen molar-refractivity contribution in [3.8, 4) is 0 Å². The second-order valence-corrected chi connectivity index (χ2v) is 10.1. The molecule has 4 nitrogen and oxygen atoms in total. The van der Waals surface area contributed by atoms with Crippen LogP contribution < -0.4 is 5.32 Å². The summed E-state index contributed by atoms with van der Waals surface area (Å²) in [7, 11) is 0. The van der Waals surface area contributed by atoms with Gasteiger partial charge in [-0.3, -0.25) is 5.41 Å². The van der Waals surface area contributed by atoms with Gasteiger partial charge in [-0.15, -0.1) is 0 Å². The number of halogens is 2. The molecule has 0 amide bonds. The summed E-state index contributed by atoms with van der Waals surface area (Å²) in [5.41, 5.74) is 0.929. The minimum absolute atomic E-state index is 0.101. The number of allylic oxidation sites excluding steroid dienone is 1. The normalized spacial score (nSPS) is 23.9. The lowest BCUT2D eigenvalue weighted by atomic mass is 9.86. The third-order valence-electron chi connectivity index (χ3n) is 7.63. The molecule has 2 saturated carbocycles. The molecule has 31 heavy (non-hydrogen) atoms. The minimum atomic E-state index is -0.422. The highest BCUT2D eigenvalue weighted by Crippen LogP contribution is 2.59. The highest BCUT2D eigenvalue weighted by molar-refractivity contribution is 6.34. The molecule has 1 aromatic carbocycles. The number of nitrogens with zero attached hydrogens (tertiary/aromatic N) is 1. The molecule has 3 fully saturated rings. The molecular weight excluding hydrogens is 411 g/mol. The van der Waals surface area contributed by atoms with Crippen LogP contribution in [0.1, 0.15) is 56.9 Å². The monoisotopic (exact) mass is 444 g/mol. The Labute approximate surface area is 190 Å². The molecule has 1 saturated heterocycles. The number of hydrogen-bond acceptors (Lipinski definition) is 3. The van der Waals surface area contributed by atoms with Gasteiger partial charge in [0.2, 0.25) is 0 Å². The van der Waals surface area contributed by atoms with Gasteiger partial charge < -0.3 is 15.6 Å². The molecule has 3 N–H and O–H groups in total. The van der Waals surface area contributed by atoms with Crippen molar-refractivity contribution in [2.24, 2.45) is 17.3 Å². The predicted octanol–water partition coefficient (Wildman–Crippen LogP) is 5.65. The Bertz CT molecular complexity index is 838. The summed E-state index contributed by atoms with van der Waals surface area (Å²) < 4.78 is 13.4. The van der Waals surface area contributed by atoms with Crippen LogP contribution in [0.25, 0.3) is 0 Å². The number of likely N-dealkylation sites (tertiary alicyclic amines) is 1. The van der Waals surface area contributed by atoms with E-state index in [9.17, 15) is 4.39 Å². The summed E-state index contributed by atoms with van der Waals surface area (Å²) in [4.78, 5) is 2.69. The maximum atomic E-state index is 13.4. The van der Waals surface area contributed by atoms with Gasteiger partial charge in [0, 0.05) is 18.7 Å². The highest BCUT2D eigenvalue weighted by Gasteiger charge is 2.54. The first kappa shape index (κ1) is 22.5. The van der Waals surface area contributed by atoms with Gasteiger partial charge in [-0.2, -0.15) is 0 Å². The third kappa shape index (κ3) is 5.75. The van der Waals surface area contributed by atoms with Crippen LogP contribution in [0.3, 0.4) is 0 Å². The van der Waals surface area contributed by atoms with Crippen molar-refractivity contribution in [1.29, 1.82) is 10.8 Å². The molecule has 4 rings (SSSR count). The lowest BCUT2D eigenvalue weighted by Gasteiger charge is -2.36. The zero-order chi connectivity index (χ0) is 21.8. The molecule has 1 spiro atoms. The lowest BCUT2D eigenvalue weighted by Crippen LogP contribution is -2.39. The van der Waals surface area contributed by atoms with Crippen LogP contribution in [0.2, 0.25) is 5.02 Å². The van der Waals surface area contributed by atoms with Crippen LogP contribution in [-0.4, -0.2) is 42.6 Å². The van der Waals surface area contributed by atoms with E-state index in [1.165, 1.54) is 95.3 Å². The van der Waals surface area contributed by atoms with E-state index in [0.29, 0.717) is 21.9 Å².